The molecule has 2 aromatic carbocycles. The van der Waals surface area contributed by atoms with E-state index in [1.54, 1.807) is 18.2 Å². The molecule has 28 heavy (non-hydrogen) atoms. The van der Waals surface area contributed by atoms with Crippen molar-refractivity contribution in [1.29, 1.82) is 0 Å². The maximum Gasteiger partial charge on any atom is 0.254 e. The average molecular weight is 380 g/mol. The van der Waals surface area contributed by atoms with Crippen LogP contribution in [0.1, 0.15) is 31.8 Å². The maximum atomic E-state index is 12.8. The minimum Gasteiger partial charge on any atom is -0.454 e. The molecule has 0 spiro atoms. The zero-order chi connectivity index (χ0) is 19.7. The fourth-order valence-corrected chi connectivity index (χ4v) is 3.74. The number of ether oxygens (including phenoxy) is 2. The first kappa shape index (κ1) is 18.5. The van der Waals surface area contributed by atoms with Gasteiger partial charge in [-0.2, -0.15) is 0 Å². The SMILES string of the molecule is Cc1ccc(C(=O)CN2CCN(C(=O)c3ccc4c(c3)OCO4)CC2)c(C)c1. The van der Waals surface area contributed by atoms with Gasteiger partial charge in [0.05, 0.1) is 6.54 Å². The van der Waals surface area contributed by atoms with E-state index in [2.05, 4.69) is 4.90 Å². The summed E-state index contributed by atoms with van der Waals surface area (Å²) in [6, 6.07) is 11.2. The number of nitrogens with zero attached hydrogens (tertiary/aromatic N) is 2. The zero-order valence-electron chi connectivity index (χ0n) is 16.2. The van der Waals surface area contributed by atoms with Crippen LogP contribution in [0.3, 0.4) is 0 Å². The summed E-state index contributed by atoms with van der Waals surface area (Å²) < 4.78 is 10.7. The van der Waals surface area contributed by atoms with Crippen molar-refractivity contribution in [1.82, 2.24) is 9.80 Å². The first-order valence-corrected chi connectivity index (χ1v) is 9.53. The maximum absolute atomic E-state index is 12.8. The van der Waals surface area contributed by atoms with Gasteiger partial charge in [-0.3, -0.25) is 14.5 Å². The highest BCUT2D eigenvalue weighted by atomic mass is 16.7. The molecule has 4 rings (SSSR count). The van der Waals surface area contributed by atoms with Crippen molar-refractivity contribution in [3.8, 4) is 11.5 Å². The minimum atomic E-state index is -0.0151. The summed E-state index contributed by atoms with van der Waals surface area (Å²) in [5.74, 6) is 1.40. The Morgan fingerprint density at radius 1 is 0.929 bits per heavy atom. The third-order valence-corrected chi connectivity index (χ3v) is 5.33. The second-order valence-electron chi connectivity index (χ2n) is 7.38. The summed E-state index contributed by atoms with van der Waals surface area (Å²) in [6.07, 6.45) is 0. The van der Waals surface area contributed by atoms with Gasteiger partial charge in [-0.1, -0.05) is 23.8 Å². The van der Waals surface area contributed by atoms with Crippen molar-refractivity contribution in [2.24, 2.45) is 0 Å². The van der Waals surface area contributed by atoms with Crippen LogP contribution < -0.4 is 9.47 Å². The smallest absolute Gasteiger partial charge is 0.254 e. The number of amides is 1. The molecule has 2 aromatic rings. The molecule has 2 aliphatic heterocycles. The second kappa shape index (κ2) is 7.64. The van der Waals surface area contributed by atoms with Crippen LogP contribution in [-0.2, 0) is 0 Å². The molecule has 1 fully saturated rings. The highest BCUT2D eigenvalue weighted by Gasteiger charge is 2.25. The first-order valence-electron chi connectivity index (χ1n) is 9.53. The molecule has 2 aliphatic rings. The fraction of sp³-hybridized carbons (Fsp3) is 0.364. The van der Waals surface area contributed by atoms with E-state index in [1.165, 1.54) is 0 Å². The molecule has 0 aromatic heterocycles. The fourth-order valence-electron chi connectivity index (χ4n) is 3.74. The number of benzene rings is 2. The van der Waals surface area contributed by atoms with Gasteiger partial charge in [0.1, 0.15) is 0 Å². The lowest BCUT2D eigenvalue weighted by molar-refractivity contribution is 0.0624. The standard InChI is InChI=1S/C22H24N2O4/c1-15-3-5-18(16(2)11-15)19(25)13-23-7-9-24(10-8-23)22(26)17-4-6-20-21(12-17)28-14-27-20/h3-6,11-12H,7-10,13-14H2,1-2H3. The third-order valence-electron chi connectivity index (χ3n) is 5.33. The van der Waals surface area contributed by atoms with Crippen LogP contribution in [0.25, 0.3) is 0 Å². The lowest BCUT2D eigenvalue weighted by Crippen LogP contribution is -2.49. The Morgan fingerprint density at radius 3 is 2.43 bits per heavy atom. The Bertz CT molecular complexity index is 917. The molecule has 6 nitrogen and oxygen atoms in total. The molecule has 0 saturated carbocycles. The van der Waals surface area contributed by atoms with Crippen LogP contribution >= 0.6 is 0 Å². The monoisotopic (exact) mass is 380 g/mol. The van der Waals surface area contributed by atoms with Crippen LogP contribution in [-0.4, -0.2) is 61.0 Å². The van der Waals surface area contributed by atoms with Gasteiger partial charge in [0, 0.05) is 37.3 Å². The van der Waals surface area contributed by atoms with E-state index in [4.69, 9.17) is 9.47 Å². The summed E-state index contributed by atoms with van der Waals surface area (Å²) >= 11 is 0. The van der Waals surface area contributed by atoms with E-state index in [1.807, 2.05) is 36.9 Å². The third kappa shape index (κ3) is 3.73. The van der Waals surface area contributed by atoms with E-state index >= 15 is 0 Å². The summed E-state index contributed by atoms with van der Waals surface area (Å²) in [6.45, 7) is 7.16. The molecule has 2 heterocycles. The van der Waals surface area contributed by atoms with Crippen LogP contribution in [0.5, 0.6) is 11.5 Å². The zero-order valence-corrected chi connectivity index (χ0v) is 16.2. The second-order valence-corrected chi connectivity index (χ2v) is 7.38. The molecule has 0 aliphatic carbocycles. The van der Waals surface area contributed by atoms with Crippen LogP contribution in [0.2, 0.25) is 0 Å². The number of hydrogen-bond acceptors (Lipinski definition) is 5. The lowest BCUT2D eigenvalue weighted by atomic mass is 10.0. The van der Waals surface area contributed by atoms with Crippen molar-refractivity contribution in [3.63, 3.8) is 0 Å². The number of aryl methyl sites for hydroxylation is 2. The molecule has 6 heteroatoms. The summed E-state index contributed by atoms with van der Waals surface area (Å²) in [7, 11) is 0. The molecule has 0 unspecified atom stereocenters. The van der Waals surface area contributed by atoms with Gasteiger partial charge in [-0.25, -0.2) is 0 Å². The molecule has 1 saturated heterocycles. The summed E-state index contributed by atoms with van der Waals surface area (Å²) in [4.78, 5) is 29.4. The number of Topliss-reactive ketones (excluding diaryl/α,β-unsaturated/α-hetero) is 1. The van der Waals surface area contributed by atoms with Gasteiger partial charge in [-0.15, -0.1) is 0 Å². The van der Waals surface area contributed by atoms with Gasteiger partial charge in [-0.05, 0) is 37.6 Å². The van der Waals surface area contributed by atoms with Crippen molar-refractivity contribution in [2.75, 3.05) is 39.5 Å². The van der Waals surface area contributed by atoms with Crippen molar-refractivity contribution in [3.05, 3.63) is 58.7 Å². The number of ketones is 1. The molecule has 0 N–H and O–H groups in total. The molecular formula is C22H24N2O4. The van der Waals surface area contributed by atoms with Crippen LogP contribution in [0.15, 0.2) is 36.4 Å². The Labute approximate surface area is 164 Å². The van der Waals surface area contributed by atoms with Gasteiger partial charge < -0.3 is 14.4 Å². The van der Waals surface area contributed by atoms with E-state index in [0.717, 1.165) is 16.7 Å². The largest absolute Gasteiger partial charge is 0.454 e. The number of carbonyl (C=O) groups excluding carboxylic acids is 2. The lowest BCUT2D eigenvalue weighted by Gasteiger charge is -2.34. The van der Waals surface area contributed by atoms with Gasteiger partial charge >= 0.3 is 0 Å². The highest BCUT2D eigenvalue weighted by Crippen LogP contribution is 2.32. The number of rotatable bonds is 4. The van der Waals surface area contributed by atoms with Gasteiger partial charge in [0.25, 0.3) is 5.91 Å². The molecule has 0 atom stereocenters. The number of piperazine rings is 1. The van der Waals surface area contributed by atoms with Crippen LogP contribution in [0, 0.1) is 13.8 Å². The minimum absolute atomic E-state index is 0.0151. The topological polar surface area (TPSA) is 59.1 Å². The number of hydrogen-bond donors (Lipinski definition) is 0. The predicted octanol–water partition coefficient (Wildman–Crippen LogP) is 2.67. The van der Waals surface area contributed by atoms with Crippen molar-refractivity contribution < 1.29 is 19.1 Å². The van der Waals surface area contributed by atoms with Gasteiger partial charge in [0.2, 0.25) is 6.79 Å². The first-order chi connectivity index (χ1) is 13.5. The van der Waals surface area contributed by atoms with Gasteiger partial charge in [0.15, 0.2) is 17.3 Å². The molecule has 1 amide bonds. The van der Waals surface area contributed by atoms with E-state index in [9.17, 15) is 9.59 Å². The molecule has 146 valence electrons. The number of fused-ring (bicyclic) bond motifs is 1. The Kier molecular flexibility index (Phi) is 5.05. The normalized spacial score (nSPS) is 16.3. The van der Waals surface area contributed by atoms with E-state index < -0.39 is 0 Å². The quantitative estimate of drug-likeness (QED) is 0.764. The highest BCUT2D eigenvalue weighted by molar-refractivity contribution is 5.99. The Hall–Kier alpha value is -2.86. The number of carbonyl (C=O) groups is 2. The Morgan fingerprint density at radius 2 is 1.68 bits per heavy atom. The summed E-state index contributed by atoms with van der Waals surface area (Å²) in [5, 5.41) is 0. The average Bonchev–Trinajstić information content (AvgIpc) is 3.15. The Balaban J connectivity index is 1.34. The predicted molar refractivity (Wildman–Crippen MR) is 105 cm³/mol. The molecule has 0 radical (unpaired) electrons. The van der Waals surface area contributed by atoms with E-state index in [-0.39, 0.29) is 18.5 Å². The van der Waals surface area contributed by atoms with Crippen LogP contribution in [0.4, 0.5) is 0 Å². The van der Waals surface area contributed by atoms with Crippen molar-refractivity contribution in [2.45, 2.75) is 13.8 Å². The molecule has 0 bridgehead atoms. The van der Waals surface area contributed by atoms with Crippen molar-refractivity contribution >= 4 is 11.7 Å². The summed E-state index contributed by atoms with van der Waals surface area (Å²) in [5.41, 5.74) is 3.56. The molecular weight excluding hydrogens is 356 g/mol. The van der Waals surface area contributed by atoms with E-state index in [0.29, 0.717) is 49.8 Å².